The predicted octanol–water partition coefficient (Wildman–Crippen LogP) is 4.00. The van der Waals surface area contributed by atoms with Gasteiger partial charge in [0.1, 0.15) is 4.90 Å². The van der Waals surface area contributed by atoms with Crippen LogP contribution in [-0.2, 0) is 16.2 Å². The van der Waals surface area contributed by atoms with E-state index in [9.17, 15) is 26.4 Å². The van der Waals surface area contributed by atoms with E-state index in [1.54, 1.807) is 35.1 Å². The van der Waals surface area contributed by atoms with Gasteiger partial charge in [0, 0.05) is 43.6 Å². The van der Waals surface area contributed by atoms with Crippen LogP contribution in [-0.4, -0.2) is 59.5 Å². The molecule has 0 atom stereocenters. The van der Waals surface area contributed by atoms with Gasteiger partial charge in [-0.15, -0.1) is 0 Å². The Morgan fingerprint density at radius 1 is 1.00 bits per heavy atom. The van der Waals surface area contributed by atoms with Crippen molar-refractivity contribution in [1.82, 2.24) is 19.0 Å². The Labute approximate surface area is 199 Å². The molecule has 0 saturated carbocycles. The topological polar surface area (TPSA) is 75.5 Å². The highest BCUT2D eigenvalue weighted by Crippen LogP contribution is 2.34. The van der Waals surface area contributed by atoms with Gasteiger partial charge in [0.05, 0.1) is 16.3 Å². The van der Waals surface area contributed by atoms with Crippen LogP contribution in [0.15, 0.2) is 59.6 Å². The lowest BCUT2D eigenvalue weighted by Gasteiger charge is -2.34. The number of sulfonamides is 1. The number of nitrogens with zero attached hydrogens (tertiary/aromatic N) is 4. The first kappa shape index (κ1) is 24.2. The summed E-state index contributed by atoms with van der Waals surface area (Å²) in [6.07, 6.45) is -3.03. The van der Waals surface area contributed by atoms with Crippen LogP contribution in [0.3, 0.4) is 0 Å². The van der Waals surface area contributed by atoms with Gasteiger partial charge in [0.25, 0.3) is 5.91 Å². The highest BCUT2D eigenvalue weighted by Gasteiger charge is 2.36. The van der Waals surface area contributed by atoms with Gasteiger partial charge in [-0.05, 0) is 55.5 Å². The number of hydrogen-bond donors (Lipinski definition) is 0. The van der Waals surface area contributed by atoms with Crippen molar-refractivity contribution in [3.63, 3.8) is 0 Å². The van der Waals surface area contributed by atoms with E-state index in [2.05, 4.69) is 5.10 Å². The molecule has 2 aromatic carbocycles. The monoisotopic (exact) mass is 512 g/mol. The maximum atomic E-state index is 13.1. The van der Waals surface area contributed by atoms with Gasteiger partial charge in [-0.2, -0.15) is 22.6 Å². The molecule has 1 aliphatic heterocycles. The van der Waals surface area contributed by atoms with Crippen LogP contribution < -0.4 is 0 Å². The van der Waals surface area contributed by atoms with Crippen LogP contribution in [0.2, 0.25) is 5.02 Å². The number of benzene rings is 2. The molecule has 1 aliphatic rings. The second-order valence-corrected chi connectivity index (χ2v) is 10.1. The number of amides is 1. The molecule has 180 valence electrons. The van der Waals surface area contributed by atoms with Crippen molar-refractivity contribution in [2.45, 2.75) is 18.0 Å². The van der Waals surface area contributed by atoms with Crippen molar-refractivity contribution in [2.75, 3.05) is 26.2 Å². The quantitative estimate of drug-likeness (QED) is 0.529. The van der Waals surface area contributed by atoms with E-state index < -0.39 is 26.7 Å². The van der Waals surface area contributed by atoms with Crippen LogP contribution in [0.25, 0.3) is 5.69 Å². The van der Waals surface area contributed by atoms with E-state index in [0.717, 1.165) is 27.8 Å². The lowest BCUT2D eigenvalue weighted by atomic mass is 10.1. The fraction of sp³-hybridized carbons (Fsp3) is 0.273. The zero-order chi connectivity index (χ0) is 24.7. The number of carbonyl (C=O) groups is 1. The third-order valence-electron chi connectivity index (χ3n) is 5.59. The first-order valence-electron chi connectivity index (χ1n) is 10.3. The minimum absolute atomic E-state index is 0.0643. The van der Waals surface area contributed by atoms with E-state index >= 15 is 0 Å². The molecule has 0 spiro atoms. The Bertz CT molecular complexity index is 1320. The van der Waals surface area contributed by atoms with Crippen molar-refractivity contribution in [3.05, 3.63) is 76.6 Å². The maximum absolute atomic E-state index is 13.1. The fourth-order valence-corrected chi connectivity index (χ4v) is 5.64. The average molecular weight is 513 g/mol. The van der Waals surface area contributed by atoms with Crippen LogP contribution in [0.5, 0.6) is 0 Å². The summed E-state index contributed by atoms with van der Waals surface area (Å²) in [6, 6.07) is 10.9. The Morgan fingerprint density at radius 2 is 1.65 bits per heavy atom. The third kappa shape index (κ3) is 4.68. The van der Waals surface area contributed by atoms with Crippen molar-refractivity contribution < 1.29 is 26.4 Å². The van der Waals surface area contributed by atoms with Crippen LogP contribution in [0.4, 0.5) is 13.2 Å². The SMILES string of the molecule is Cc1ccnn1-c1ccc(C(=O)N2CCN(S(=O)(=O)c3cc(C(F)(F)F)ccc3Cl)CC2)cc1. The molecular weight excluding hydrogens is 493 g/mol. The van der Waals surface area contributed by atoms with Crippen LogP contribution in [0.1, 0.15) is 21.6 Å². The number of aromatic nitrogens is 2. The second-order valence-electron chi connectivity index (χ2n) is 7.77. The minimum Gasteiger partial charge on any atom is -0.336 e. The molecule has 0 aliphatic carbocycles. The Hall–Kier alpha value is -2.89. The van der Waals surface area contributed by atoms with Gasteiger partial charge >= 0.3 is 6.18 Å². The lowest BCUT2D eigenvalue weighted by molar-refractivity contribution is -0.137. The molecule has 0 unspecified atom stereocenters. The van der Waals surface area contributed by atoms with Crippen molar-refractivity contribution >= 4 is 27.5 Å². The van der Waals surface area contributed by atoms with E-state index in [4.69, 9.17) is 11.6 Å². The normalized spacial score (nSPS) is 15.5. The Morgan fingerprint density at radius 3 is 2.21 bits per heavy atom. The Balaban J connectivity index is 1.46. The summed E-state index contributed by atoms with van der Waals surface area (Å²) >= 11 is 5.92. The number of carbonyl (C=O) groups excluding carboxylic acids is 1. The highest BCUT2D eigenvalue weighted by molar-refractivity contribution is 7.89. The molecule has 3 aromatic rings. The van der Waals surface area contributed by atoms with Crippen molar-refractivity contribution in [2.24, 2.45) is 0 Å². The molecule has 1 amide bonds. The van der Waals surface area contributed by atoms with Gasteiger partial charge in [-0.3, -0.25) is 4.79 Å². The van der Waals surface area contributed by atoms with Gasteiger partial charge < -0.3 is 4.90 Å². The minimum atomic E-state index is -4.70. The predicted molar refractivity (Wildman–Crippen MR) is 119 cm³/mol. The number of rotatable bonds is 4. The number of halogens is 4. The summed E-state index contributed by atoms with van der Waals surface area (Å²) in [5.41, 5.74) is 1.08. The number of piperazine rings is 1. The van der Waals surface area contributed by atoms with Gasteiger partial charge in [-0.25, -0.2) is 13.1 Å². The van der Waals surface area contributed by atoms with Crippen LogP contribution >= 0.6 is 11.6 Å². The second kappa shape index (κ2) is 9.05. The molecule has 1 aromatic heterocycles. The lowest BCUT2D eigenvalue weighted by Crippen LogP contribution is -2.50. The van der Waals surface area contributed by atoms with Crippen molar-refractivity contribution in [3.8, 4) is 5.69 Å². The van der Waals surface area contributed by atoms with E-state index in [1.165, 1.54) is 4.90 Å². The molecular formula is C22H20ClF3N4O3S. The summed E-state index contributed by atoms with van der Waals surface area (Å²) < 4.78 is 67.9. The van der Waals surface area contributed by atoms with Crippen LogP contribution in [0, 0.1) is 6.92 Å². The smallest absolute Gasteiger partial charge is 0.336 e. The van der Waals surface area contributed by atoms with E-state index in [1.807, 2.05) is 13.0 Å². The number of alkyl halides is 3. The summed E-state index contributed by atoms with van der Waals surface area (Å²) in [5, 5.41) is 3.93. The summed E-state index contributed by atoms with van der Waals surface area (Å²) in [7, 11) is -4.27. The summed E-state index contributed by atoms with van der Waals surface area (Å²) in [4.78, 5) is 13.8. The van der Waals surface area contributed by atoms with Gasteiger partial charge in [0.2, 0.25) is 10.0 Å². The third-order valence-corrected chi connectivity index (χ3v) is 7.97. The largest absolute Gasteiger partial charge is 0.416 e. The number of aryl methyl sites for hydroxylation is 1. The first-order valence-corrected chi connectivity index (χ1v) is 12.1. The first-order chi connectivity index (χ1) is 16.0. The van der Waals surface area contributed by atoms with Gasteiger partial charge in [-0.1, -0.05) is 11.6 Å². The average Bonchev–Trinajstić information content (AvgIpc) is 3.24. The molecule has 1 fully saturated rings. The molecule has 0 radical (unpaired) electrons. The van der Waals surface area contributed by atoms with Gasteiger partial charge in [0.15, 0.2) is 0 Å². The van der Waals surface area contributed by atoms with E-state index in [-0.39, 0.29) is 37.1 Å². The molecule has 34 heavy (non-hydrogen) atoms. The molecule has 0 N–H and O–H groups in total. The molecule has 7 nitrogen and oxygen atoms in total. The summed E-state index contributed by atoms with van der Waals surface area (Å²) in [6.45, 7) is 1.96. The summed E-state index contributed by atoms with van der Waals surface area (Å²) in [5.74, 6) is -0.266. The molecule has 4 rings (SSSR count). The molecule has 2 heterocycles. The zero-order valence-electron chi connectivity index (χ0n) is 18.0. The molecule has 0 bridgehead atoms. The standard InChI is InChI=1S/C22H20ClF3N4O3S/c1-15-8-9-27-30(15)18-5-2-16(3-6-18)21(31)28-10-12-29(13-11-28)34(32,33)20-14-17(22(24,25)26)4-7-19(20)23/h2-9,14H,10-13H2,1H3. The Kier molecular flexibility index (Phi) is 6.45. The van der Waals surface area contributed by atoms with E-state index in [0.29, 0.717) is 11.6 Å². The zero-order valence-corrected chi connectivity index (χ0v) is 19.5. The van der Waals surface area contributed by atoms with Crippen molar-refractivity contribution in [1.29, 1.82) is 0 Å². The molecule has 12 heteroatoms. The maximum Gasteiger partial charge on any atom is 0.416 e. The fourth-order valence-electron chi connectivity index (χ4n) is 3.72. The highest BCUT2D eigenvalue weighted by atomic mass is 35.5. The molecule has 1 saturated heterocycles. The number of hydrogen-bond acceptors (Lipinski definition) is 4.